The second-order valence-electron chi connectivity index (χ2n) is 6.77. The van der Waals surface area contributed by atoms with Gasteiger partial charge in [0.1, 0.15) is 11.4 Å². The Morgan fingerprint density at radius 1 is 1.28 bits per heavy atom. The molecule has 1 saturated heterocycles. The fourth-order valence-corrected chi connectivity index (χ4v) is 3.42. The van der Waals surface area contributed by atoms with Crippen LogP contribution in [0.5, 0.6) is 0 Å². The molecule has 1 saturated carbocycles. The van der Waals surface area contributed by atoms with E-state index in [9.17, 15) is 24.2 Å². The molecule has 2 heterocycles. The van der Waals surface area contributed by atoms with Crippen LogP contribution in [-0.4, -0.2) is 46.0 Å². The van der Waals surface area contributed by atoms with Gasteiger partial charge in [0.2, 0.25) is 5.43 Å². The maximum Gasteiger partial charge on any atom is 0.341 e. The molecule has 1 aromatic carbocycles. The van der Waals surface area contributed by atoms with Crippen LogP contribution in [-0.2, 0) is 0 Å². The number of aliphatic hydroxyl groups is 1. The van der Waals surface area contributed by atoms with Crippen molar-refractivity contribution in [2.24, 2.45) is 5.73 Å². The topological polar surface area (TPSA) is 109 Å². The number of nitrogens with zero attached hydrogens (tertiary/aromatic N) is 2. The highest BCUT2D eigenvalue weighted by molar-refractivity contribution is 5.93. The SMILES string of the molecule is N[C@H]1CN(c2cc3c(cc2F)c(=O)c(C(=O)O)cn3C2CC2)C[C@@H]1O. The number of aromatic nitrogens is 1. The number of carboxylic acid groups (broad SMARTS) is 1. The van der Waals surface area contributed by atoms with Crippen LogP contribution >= 0.6 is 0 Å². The molecule has 1 aromatic heterocycles. The van der Waals surface area contributed by atoms with Gasteiger partial charge in [0, 0.05) is 36.8 Å². The predicted octanol–water partition coefficient (Wildman–Crippen LogP) is 0.682. The maximum atomic E-state index is 14.6. The van der Waals surface area contributed by atoms with Gasteiger partial charge in [-0.05, 0) is 25.0 Å². The van der Waals surface area contributed by atoms with Gasteiger partial charge in [0.25, 0.3) is 0 Å². The first-order valence-corrected chi connectivity index (χ1v) is 8.17. The standard InChI is InChI=1S/C17H18FN3O4/c18-11-3-9-13(4-14(11)20-6-12(19)15(22)7-20)21(8-1-2-8)5-10(16(9)23)17(24)25/h3-5,8,12,15,22H,1-2,6-7,19H2,(H,24,25)/t12-,15-/m0/s1. The Hall–Kier alpha value is -2.45. The smallest absolute Gasteiger partial charge is 0.341 e. The van der Waals surface area contributed by atoms with Crippen molar-refractivity contribution in [2.75, 3.05) is 18.0 Å². The number of carboxylic acids is 1. The number of halogens is 1. The summed E-state index contributed by atoms with van der Waals surface area (Å²) in [5, 5.41) is 19.1. The second kappa shape index (κ2) is 5.53. The van der Waals surface area contributed by atoms with E-state index in [1.807, 2.05) is 0 Å². The number of hydrogen-bond acceptors (Lipinski definition) is 5. The molecule has 4 N–H and O–H groups in total. The first-order chi connectivity index (χ1) is 11.9. The molecule has 2 atom stereocenters. The Balaban J connectivity index is 1.93. The number of aliphatic hydroxyl groups excluding tert-OH is 1. The lowest BCUT2D eigenvalue weighted by molar-refractivity contribution is 0.0695. The molecule has 0 amide bonds. The van der Waals surface area contributed by atoms with Gasteiger partial charge in [-0.15, -0.1) is 0 Å². The third-order valence-electron chi connectivity index (χ3n) is 4.94. The zero-order valence-corrected chi connectivity index (χ0v) is 13.4. The summed E-state index contributed by atoms with van der Waals surface area (Å²) in [4.78, 5) is 25.4. The number of nitrogens with two attached hydrogens (primary N) is 1. The summed E-state index contributed by atoms with van der Waals surface area (Å²) in [6, 6.07) is 2.30. The number of benzene rings is 1. The summed E-state index contributed by atoms with van der Waals surface area (Å²) in [6.45, 7) is 0.523. The number of fused-ring (bicyclic) bond motifs is 1. The Morgan fingerprint density at radius 3 is 2.56 bits per heavy atom. The molecule has 0 bridgehead atoms. The van der Waals surface area contributed by atoms with Crippen LogP contribution in [0.4, 0.5) is 10.1 Å². The van der Waals surface area contributed by atoms with Gasteiger partial charge in [-0.25, -0.2) is 9.18 Å². The summed E-state index contributed by atoms with van der Waals surface area (Å²) in [5.41, 5.74) is 5.52. The van der Waals surface area contributed by atoms with Gasteiger partial charge < -0.3 is 25.4 Å². The van der Waals surface area contributed by atoms with Crippen LogP contribution in [0.25, 0.3) is 10.9 Å². The Bertz CT molecular complexity index is 928. The van der Waals surface area contributed by atoms with Gasteiger partial charge in [-0.3, -0.25) is 4.79 Å². The molecular formula is C17H18FN3O4. The van der Waals surface area contributed by atoms with Crippen LogP contribution in [0, 0.1) is 5.82 Å². The van der Waals surface area contributed by atoms with Crippen molar-refractivity contribution < 1.29 is 19.4 Å². The van der Waals surface area contributed by atoms with Crippen molar-refractivity contribution in [3.63, 3.8) is 0 Å². The lowest BCUT2D eigenvalue weighted by Crippen LogP contribution is -2.32. The van der Waals surface area contributed by atoms with E-state index in [-0.39, 0.29) is 29.2 Å². The van der Waals surface area contributed by atoms with Gasteiger partial charge >= 0.3 is 5.97 Å². The third-order valence-corrected chi connectivity index (χ3v) is 4.94. The largest absolute Gasteiger partial charge is 0.477 e. The number of hydrogen-bond donors (Lipinski definition) is 3. The van der Waals surface area contributed by atoms with Crippen molar-refractivity contribution >= 4 is 22.6 Å². The molecule has 8 heteroatoms. The lowest BCUT2D eigenvalue weighted by atomic mass is 10.1. The summed E-state index contributed by atoms with van der Waals surface area (Å²) in [7, 11) is 0. The highest BCUT2D eigenvalue weighted by atomic mass is 19.1. The van der Waals surface area contributed by atoms with E-state index in [1.165, 1.54) is 6.20 Å². The summed E-state index contributed by atoms with van der Waals surface area (Å²) in [5.74, 6) is -1.95. The fourth-order valence-electron chi connectivity index (χ4n) is 3.42. The minimum absolute atomic E-state index is 0.0529. The molecule has 0 unspecified atom stereocenters. The molecule has 2 fully saturated rings. The van der Waals surface area contributed by atoms with E-state index >= 15 is 0 Å². The number of β-amino-alcohol motifs (C(OH)–C–C–N with tert-alkyl or cyclic N) is 1. The Labute approximate surface area is 142 Å². The van der Waals surface area contributed by atoms with Crippen LogP contribution in [0.2, 0.25) is 0 Å². The predicted molar refractivity (Wildman–Crippen MR) is 89.6 cm³/mol. The number of rotatable bonds is 3. The van der Waals surface area contributed by atoms with Crippen molar-refractivity contribution in [3.8, 4) is 0 Å². The van der Waals surface area contributed by atoms with E-state index in [4.69, 9.17) is 5.73 Å². The average Bonchev–Trinajstić information content (AvgIpc) is 3.33. The third kappa shape index (κ3) is 2.58. The van der Waals surface area contributed by atoms with Crippen LogP contribution in [0.3, 0.4) is 0 Å². The Kier molecular flexibility index (Phi) is 3.55. The molecule has 2 aliphatic rings. The normalized spacial score (nSPS) is 23.4. The van der Waals surface area contributed by atoms with E-state index in [2.05, 4.69) is 0 Å². The van der Waals surface area contributed by atoms with Gasteiger partial charge in [0.05, 0.1) is 17.3 Å². The monoisotopic (exact) mass is 347 g/mol. The zero-order valence-electron chi connectivity index (χ0n) is 13.4. The maximum absolute atomic E-state index is 14.6. The molecule has 1 aliphatic carbocycles. The molecule has 132 valence electrons. The van der Waals surface area contributed by atoms with Crippen molar-refractivity contribution in [1.82, 2.24) is 4.57 Å². The summed E-state index contributed by atoms with van der Waals surface area (Å²) in [6.07, 6.45) is 2.38. The second-order valence-corrected chi connectivity index (χ2v) is 6.77. The molecule has 2 aromatic rings. The van der Waals surface area contributed by atoms with Crippen molar-refractivity contribution in [2.45, 2.75) is 31.0 Å². The molecule has 1 aliphatic heterocycles. The number of pyridine rings is 1. The van der Waals surface area contributed by atoms with Gasteiger partial charge in [-0.2, -0.15) is 0 Å². The molecule has 0 spiro atoms. The average molecular weight is 347 g/mol. The van der Waals surface area contributed by atoms with Crippen molar-refractivity contribution in [3.05, 3.63) is 39.9 Å². The van der Waals surface area contributed by atoms with Gasteiger partial charge in [0.15, 0.2) is 0 Å². The van der Waals surface area contributed by atoms with E-state index < -0.39 is 29.4 Å². The summed E-state index contributed by atoms with van der Waals surface area (Å²) >= 11 is 0. The number of aromatic carboxylic acids is 1. The van der Waals surface area contributed by atoms with E-state index in [0.717, 1.165) is 18.9 Å². The van der Waals surface area contributed by atoms with Crippen molar-refractivity contribution in [1.29, 1.82) is 0 Å². The highest BCUT2D eigenvalue weighted by Crippen LogP contribution is 2.38. The quantitative estimate of drug-likeness (QED) is 0.753. The first kappa shape index (κ1) is 16.0. The van der Waals surface area contributed by atoms with E-state index in [1.54, 1.807) is 15.5 Å². The minimum atomic E-state index is -1.32. The lowest BCUT2D eigenvalue weighted by Gasteiger charge is -2.20. The fraction of sp³-hybridized carbons (Fsp3) is 0.412. The Morgan fingerprint density at radius 2 is 2.00 bits per heavy atom. The van der Waals surface area contributed by atoms with Crippen LogP contribution < -0.4 is 16.1 Å². The van der Waals surface area contributed by atoms with E-state index in [0.29, 0.717) is 12.1 Å². The summed E-state index contributed by atoms with van der Waals surface area (Å²) < 4.78 is 16.4. The highest BCUT2D eigenvalue weighted by Gasteiger charge is 2.32. The number of anilines is 1. The van der Waals surface area contributed by atoms with Crippen LogP contribution in [0.15, 0.2) is 23.1 Å². The first-order valence-electron chi connectivity index (χ1n) is 8.17. The number of carbonyl (C=O) groups is 1. The molecule has 4 rings (SSSR count). The minimum Gasteiger partial charge on any atom is -0.477 e. The zero-order chi connectivity index (χ0) is 17.9. The molecule has 0 radical (unpaired) electrons. The molecular weight excluding hydrogens is 329 g/mol. The van der Waals surface area contributed by atoms with Crippen LogP contribution in [0.1, 0.15) is 29.2 Å². The molecule has 25 heavy (non-hydrogen) atoms. The van der Waals surface area contributed by atoms with Gasteiger partial charge in [-0.1, -0.05) is 0 Å². The molecule has 7 nitrogen and oxygen atoms in total.